The van der Waals surface area contributed by atoms with Crippen molar-refractivity contribution in [1.82, 2.24) is 5.32 Å². The third kappa shape index (κ3) is 4.14. The van der Waals surface area contributed by atoms with Gasteiger partial charge in [-0.3, -0.25) is 4.72 Å². The molecule has 2 N–H and O–H groups in total. The van der Waals surface area contributed by atoms with Crippen LogP contribution in [0, 0.1) is 11.6 Å². The Kier molecular flexibility index (Phi) is 4.05. The van der Waals surface area contributed by atoms with Gasteiger partial charge in [0.05, 0.1) is 10.9 Å². The smallest absolute Gasteiger partial charge is 0.236 e. The highest BCUT2D eigenvalue weighted by molar-refractivity contribution is 7.93. The first-order chi connectivity index (χ1) is 8.87. The summed E-state index contributed by atoms with van der Waals surface area (Å²) in [6.07, 6.45) is 2.13. The minimum Gasteiger partial charge on any atom is -0.313 e. The van der Waals surface area contributed by atoms with Crippen molar-refractivity contribution in [3.05, 3.63) is 29.8 Å². The predicted molar refractivity (Wildman–Crippen MR) is 69.4 cm³/mol. The molecular formula is C12H16F2N2O2S. The van der Waals surface area contributed by atoms with E-state index in [9.17, 15) is 17.2 Å². The van der Waals surface area contributed by atoms with Crippen LogP contribution in [0.25, 0.3) is 0 Å². The van der Waals surface area contributed by atoms with Crippen LogP contribution in [0.5, 0.6) is 0 Å². The highest BCUT2D eigenvalue weighted by Gasteiger charge is 2.25. The summed E-state index contributed by atoms with van der Waals surface area (Å²) in [4.78, 5) is 0. The van der Waals surface area contributed by atoms with Crippen LogP contribution in [0.1, 0.15) is 19.8 Å². The first kappa shape index (κ1) is 14.2. The molecular weight excluding hydrogens is 274 g/mol. The fraction of sp³-hybridized carbons (Fsp3) is 0.500. The van der Waals surface area contributed by atoms with Crippen LogP contribution in [-0.2, 0) is 10.0 Å². The molecule has 1 saturated carbocycles. The molecule has 0 spiro atoms. The summed E-state index contributed by atoms with van der Waals surface area (Å²) < 4.78 is 52.1. The van der Waals surface area contributed by atoms with Gasteiger partial charge in [0, 0.05) is 18.7 Å². The SMILES string of the molecule is CC(CNC1CC1)S(=O)(=O)Nc1cc(F)cc(F)c1. The third-order valence-electron chi connectivity index (χ3n) is 2.92. The summed E-state index contributed by atoms with van der Waals surface area (Å²) in [6.45, 7) is 1.87. The van der Waals surface area contributed by atoms with Crippen LogP contribution in [0.2, 0.25) is 0 Å². The lowest BCUT2D eigenvalue weighted by molar-refractivity contribution is 0.575. The second-order valence-electron chi connectivity index (χ2n) is 4.80. The molecule has 1 fully saturated rings. The number of halogens is 2. The average Bonchev–Trinajstić information content (AvgIpc) is 3.07. The molecule has 1 aliphatic carbocycles. The lowest BCUT2D eigenvalue weighted by Crippen LogP contribution is -2.35. The normalized spacial score (nSPS) is 17.2. The molecule has 0 aromatic heterocycles. The molecule has 1 aliphatic rings. The standard InChI is InChI=1S/C12H16F2N2O2S/c1-8(7-15-11-2-3-11)19(17,18)16-12-5-9(13)4-10(14)6-12/h4-6,8,11,15-16H,2-3,7H2,1H3. The largest absolute Gasteiger partial charge is 0.313 e. The monoisotopic (exact) mass is 290 g/mol. The number of hydrogen-bond acceptors (Lipinski definition) is 3. The van der Waals surface area contributed by atoms with Gasteiger partial charge in [0.2, 0.25) is 10.0 Å². The summed E-state index contributed by atoms with van der Waals surface area (Å²) in [5, 5.41) is 2.42. The Morgan fingerprint density at radius 3 is 2.37 bits per heavy atom. The molecule has 1 atom stereocenters. The van der Waals surface area contributed by atoms with Gasteiger partial charge < -0.3 is 5.32 Å². The number of benzene rings is 1. The van der Waals surface area contributed by atoms with Crippen LogP contribution in [0.15, 0.2) is 18.2 Å². The van der Waals surface area contributed by atoms with Crippen molar-refractivity contribution in [2.45, 2.75) is 31.1 Å². The molecule has 0 heterocycles. The molecule has 0 radical (unpaired) electrons. The van der Waals surface area contributed by atoms with E-state index in [1.165, 1.54) is 0 Å². The van der Waals surface area contributed by atoms with Crippen molar-refractivity contribution in [2.75, 3.05) is 11.3 Å². The van der Waals surface area contributed by atoms with E-state index in [1.807, 2.05) is 0 Å². The number of anilines is 1. The highest BCUT2D eigenvalue weighted by atomic mass is 32.2. The van der Waals surface area contributed by atoms with Crippen LogP contribution in [-0.4, -0.2) is 26.3 Å². The maximum absolute atomic E-state index is 13.0. The van der Waals surface area contributed by atoms with Crippen LogP contribution >= 0.6 is 0 Å². The van der Waals surface area contributed by atoms with Crippen molar-refractivity contribution in [2.24, 2.45) is 0 Å². The summed E-state index contributed by atoms with van der Waals surface area (Å²) in [6, 6.07) is 2.99. The molecule has 1 unspecified atom stereocenters. The van der Waals surface area contributed by atoms with Crippen LogP contribution in [0.3, 0.4) is 0 Å². The highest BCUT2D eigenvalue weighted by Crippen LogP contribution is 2.19. The van der Waals surface area contributed by atoms with Crippen LogP contribution in [0.4, 0.5) is 14.5 Å². The number of rotatable bonds is 6. The molecule has 19 heavy (non-hydrogen) atoms. The molecule has 0 aliphatic heterocycles. The molecule has 106 valence electrons. The van der Waals surface area contributed by atoms with E-state index in [2.05, 4.69) is 10.0 Å². The summed E-state index contributed by atoms with van der Waals surface area (Å²) in [7, 11) is -3.66. The first-order valence-corrected chi connectivity index (χ1v) is 7.62. The molecule has 1 aromatic rings. The molecule has 7 heteroatoms. The zero-order valence-electron chi connectivity index (χ0n) is 10.5. The second kappa shape index (κ2) is 5.42. The van der Waals surface area contributed by atoms with E-state index in [-0.39, 0.29) is 5.69 Å². The van der Waals surface area contributed by atoms with E-state index < -0.39 is 26.9 Å². The zero-order valence-corrected chi connectivity index (χ0v) is 11.3. The Morgan fingerprint density at radius 2 is 1.84 bits per heavy atom. The first-order valence-electron chi connectivity index (χ1n) is 6.08. The average molecular weight is 290 g/mol. The number of sulfonamides is 1. The fourth-order valence-corrected chi connectivity index (χ4v) is 2.57. The Bertz CT molecular complexity index is 539. The van der Waals surface area contributed by atoms with Gasteiger partial charge in [-0.1, -0.05) is 0 Å². The van der Waals surface area contributed by atoms with E-state index in [0.717, 1.165) is 25.0 Å². The van der Waals surface area contributed by atoms with E-state index in [1.54, 1.807) is 6.92 Å². The predicted octanol–water partition coefficient (Wildman–Crippen LogP) is 1.85. The quantitative estimate of drug-likeness (QED) is 0.840. The lowest BCUT2D eigenvalue weighted by Gasteiger charge is -2.15. The van der Waals surface area contributed by atoms with Crippen molar-refractivity contribution in [1.29, 1.82) is 0 Å². The minimum atomic E-state index is -3.66. The van der Waals surface area contributed by atoms with Gasteiger partial charge in [-0.05, 0) is 31.9 Å². The van der Waals surface area contributed by atoms with Crippen molar-refractivity contribution in [3.63, 3.8) is 0 Å². The van der Waals surface area contributed by atoms with Crippen molar-refractivity contribution in [3.8, 4) is 0 Å². The van der Waals surface area contributed by atoms with Gasteiger partial charge in [-0.2, -0.15) is 0 Å². The van der Waals surface area contributed by atoms with Crippen LogP contribution < -0.4 is 10.0 Å². The fourth-order valence-electron chi connectivity index (χ4n) is 1.61. The topological polar surface area (TPSA) is 58.2 Å². The Labute approximate surface area is 111 Å². The van der Waals surface area contributed by atoms with Gasteiger partial charge in [-0.15, -0.1) is 0 Å². The zero-order chi connectivity index (χ0) is 14.0. The second-order valence-corrected chi connectivity index (χ2v) is 6.90. The third-order valence-corrected chi connectivity index (χ3v) is 4.67. The van der Waals surface area contributed by atoms with Crippen molar-refractivity contribution < 1.29 is 17.2 Å². The molecule has 4 nitrogen and oxygen atoms in total. The Hall–Kier alpha value is -1.21. The van der Waals surface area contributed by atoms with E-state index in [0.29, 0.717) is 18.7 Å². The summed E-state index contributed by atoms with van der Waals surface area (Å²) in [5.41, 5.74) is -0.101. The minimum absolute atomic E-state index is 0.101. The number of nitrogens with one attached hydrogen (secondary N) is 2. The number of hydrogen-bond donors (Lipinski definition) is 2. The molecule has 1 aromatic carbocycles. The summed E-state index contributed by atoms with van der Waals surface area (Å²) >= 11 is 0. The Balaban J connectivity index is 2.02. The summed E-state index contributed by atoms with van der Waals surface area (Å²) in [5.74, 6) is -1.64. The van der Waals surface area contributed by atoms with Gasteiger partial charge in [-0.25, -0.2) is 17.2 Å². The Morgan fingerprint density at radius 1 is 1.26 bits per heavy atom. The van der Waals surface area contributed by atoms with Gasteiger partial charge in [0.1, 0.15) is 11.6 Å². The molecule has 0 bridgehead atoms. The van der Waals surface area contributed by atoms with Gasteiger partial charge >= 0.3 is 0 Å². The maximum atomic E-state index is 13.0. The van der Waals surface area contributed by atoms with Gasteiger partial charge in [0.15, 0.2) is 0 Å². The van der Waals surface area contributed by atoms with Crippen molar-refractivity contribution >= 4 is 15.7 Å². The van der Waals surface area contributed by atoms with Gasteiger partial charge in [0.25, 0.3) is 0 Å². The molecule has 2 rings (SSSR count). The molecule has 0 saturated heterocycles. The van der Waals surface area contributed by atoms with E-state index in [4.69, 9.17) is 0 Å². The van der Waals surface area contributed by atoms with E-state index >= 15 is 0 Å². The lowest BCUT2D eigenvalue weighted by atomic mass is 10.3. The molecule has 0 amide bonds. The maximum Gasteiger partial charge on any atom is 0.236 e.